The van der Waals surface area contributed by atoms with E-state index in [9.17, 15) is 4.79 Å². The maximum Gasteiger partial charge on any atom is 0.254 e. The zero-order valence-electron chi connectivity index (χ0n) is 11.3. The minimum atomic E-state index is -0.139. The van der Waals surface area contributed by atoms with Crippen molar-refractivity contribution in [3.8, 4) is 0 Å². The van der Waals surface area contributed by atoms with Crippen LogP contribution in [0.2, 0.25) is 5.02 Å². The number of oxime groups is 1. The first-order valence-electron chi connectivity index (χ1n) is 6.09. The Morgan fingerprint density at radius 2 is 2.20 bits per heavy atom. The topological polar surface area (TPSA) is 78.9 Å². The second kappa shape index (κ2) is 7.50. The Labute approximate surface area is 131 Å². The molecule has 0 aliphatic heterocycles. The highest BCUT2D eigenvalue weighted by Crippen LogP contribution is 2.24. The average Bonchev–Trinajstić information content (AvgIpc) is 2.41. The number of carbonyl (C=O) groups excluding carboxylic acids is 1. The van der Waals surface area contributed by atoms with Gasteiger partial charge in [0.2, 0.25) is 0 Å². The molecule has 7 heteroatoms. The molecule has 0 aliphatic rings. The Morgan fingerprint density at radius 1 is 1.55 bits per heavy atom. The first-order valence-corrected chi connectivity index (χ1v) is 7.26. The lowest BCUT2D eigenvalue weighted by Gasteiger charge is -2.26. The molecule has 5 nitrogen and oxygen atoms in total. The van der Waals surface area contributed by atoms with E-state index in [2.05, 4.69) is 21.1 Å². The Bertz CT molecular complexity index is 520. The van der Waals surface area contributed by atoms with Gasteiger partial charge in [-0.1, -0.05) is 16.8 Å². The van der Waals surface area contributed by atoms with Crippen LogP contribution in [0.3, 0.4) is 0 Å². The van der Waals surface area contributed by atoms with Gasteiger partial charge in [-0.15, -0.1) is 0 Å². The lowest BCUT2D eigenvalue weighted by atomic mass is 10.1. The summed E-state index contributed by atoms with van der Waals surface area (Å²) in [5, 5.41) is 11.9. The largest absolute Gasteiger partial charge is 0.409 e. The predicted octanol–water partition coefficient (Wildman–Crippen LogP) is 3.09. The van der Waals surface area contributed by atoms with Gasteiger partial charge in [0.05, 0.1) is 5.02 Å². The highest BCUT2D eigenvalue weighted by atomic mass is 79.9. The Morgan fingerprint density at radius 3 is 2.70 bits per heavy atom. The van der Waals surface area contributed by atoms with Crippen molar-refractivity contribution in [1.29, 1.82) is 0 Å². The molecular weight excluding hydrogens is 346 g/mol. The summed E-state index contributed by atoms with van der Waals surface area (Å²) in [6.07, 6.45) is 0.310. The summed E-state index contributed by atoms with van der Waals surface area (Å²) < 4.78 is 0.739. The van der Waals surface area contributed by atoms with Crippen LogP contribution in [0.1, 0.15) is 30.6 Å². The molecule has 0 aliphatic carbocycles. The number of carbonyl (C=O) groups is 1. The number of hydrogen-bond donors (Lipinski definition) is 2. The van der Waals surface area contributed by atoms with Crippen LogP contribution < -0.4 is 5.73 Å². The second-order valence-electron chi connectivity index (χ2n) is 4.56. The number of benzene rings is 1. The third-order valence-corrected chi connectivity index (χ3v) is 4.02. The fraction of sp³-hybridized carbons (Fsp3) is 0.385. The van der Waals surface area contributed by atoms with Crippen LogP contribution in [0.15, 0.2) is 27.8 Å². The van der Waals surface area contributed by atoms with E-state index in [1.54, 1.807) is 23.1 Å². The summed E-state index contributed by atoms with van der Waals surface area (Å²) in [6, 6.07) is 5.05. The molecule has 0 saturated heterocycles. The van der Waals surface area contributed by atoms with Gasteiger partial charge in [-0.2, -0.15) is 0 Å². The SMILES string of the molecule is CC(C)N(CC/C(N)=N/O)C(=O)c1ccc(Br)c(Cl)c1. The number of halogens is 2. The van der Waals surface area contributed by atoms with Crippen LogP contribution in [0.4, 0.5) is 0 Å². The van der Waals surface area contributed by atoms with E-state index in [0.29, 0.717) is 23.6 Å². The van der Waals surface area contributed by atoms with Crippen LogP contribution in [-0.2, 0) is 0 Å². The average molecular weight is 363 g/mol. The van der Waals surface area contributed by atoms with Crippen LogP contribution in [0.25, 0.3) is 0 Å². The molecule has 0 aromatic heterocycles. The minimum Gasteiger partial charge on any atom is -0.409 e. The Hall–Kier alpha value is -1.27. The van der Waals surface area contributed by atoms with Crippen molar-refractivity contribution in [2.45, 2.75) is 26.3 Å². The van der Waals surface area contributed by atoms with Crippen LogP contribution in [0, 0.1) is 0 Å². The maximum atomic E-state index is 12.5. The molecule has 0 saturated carbocycles. The third-order valence-electron chi connectivity index (χ3n) is 2.79. The van der Waals surface area contributed by atoms with E-state index < -0.39 is 0 Å². The summed E-state index contributed by atoms with van der Waals surface area (Å²) in [5.41, 5.74) is 5.94. The van der Waals surface area contributed by atoms with Crippen molar-refractivity contribution >= 4 is 39.3 Å². The molecule has 0 radical (unpaired) electrons. The van der Waals surface area contributed by atoms with Crippen molar-refractivity contribution in [2.75, 3.05) is 6.54 Å². The highest BCUT2D eigenvalue weighted by Gasteiger charge is 2.19. The first kappa shape index (κ1) is 16.8. The zero-order chi connectivity index (χ0) is 15.3. The van der Waals surface area contributed by atoms with Crippen molar-refractivity contribution in [3.63, 3.8) is 0 Å². The normalized spacial score (nSPS) is 11.8. The summed E-state index contributed by atoms with van der Waals surface area (Å²) in [7, 11) is 0. The van der Waals surface area contributed by atoms with Gasteiger partial charge in [0, 0.05) is 29.0 Å². The molecule has 0 fully saturated rings. The molecule has 0 heterocycles. The number of nitrogens with zero attached hydrogens (tertiary/aromatic N) is 2. The summed E-state index contributed by atoms with van der Waals surface area (Å²) >= 11 is 9.29. The van der Waals surface area contributed by atoms with Gasteiger partial charge in [-0.25, -0.2) is 0 Å². The van der Waals surface area contributed by atoms with Crippen LogP contribution in [0.5, 0.6) is 0 Å². The zero-order valence-corrected chi connectivity index (χ0v) is 13.6. The highest BCUT2D eigenvalue weighted by molar-refractivity contribution is 9.10. The molecular formula is C13H17BrClN3O2. The molecule has 20 heavy (non-hydrogen) atoms. The van der Waals surface area contributed by atoms with Gasteiger partial charge in [0.25, 0.3) is 5.91 Å². The molecule has 1 rings (SSSR count). The van der Waals surface area contributed by atoms with Crippen molar-refractivity contribution in [3.05, 3.63) is 33.3 Å². The molecule has 0 unspecified atom stereocenters. The van der Waals surface area contributed by atoms with E-state index in [1.807, 2.05) is 13.8 Å². The molecule has 0 atom stereocenters. The van der Waals surface area contributed by atoms with E-state index in [0.717, 1.165) is 4.47 Å². The van der Waals surface area contributed by atoms with Crippen molar-refractivity contribution in [1.82, 2.24) is 4.90 Å². The number of hydrogen-bond acceptors (Lipinski definition) is 3. The summed E-state index contributed by atoms with van der Waals surface area (Å²) in [4.78, 5) is 14.1. The van der Waals surface area contributed by atoms with E-state index >= 15 is 0 Å². The van der Waals surface area contributed by atoms with Gasteiger partial charge in [-0.3, -0.25) is 4.79 Å². The minimum absolute atomic E-state index is 0.00332. The summed E-state index contributed by atoms with van der Waals surface area (Å²) in [6.45, 7) is 4.19. The first-order chi connectivity index (χ1) is 9.36. The molecule has 1 aromatic rings. The van der Waals surface area contributed by atoms with Gasteiger partial charge in [0.15, 0.2) is 0 Å². The predicted molar refractivity (Wildman–Crippen MR) is 83.4 cm³/mol. The molecule has 0 bridgehead atoms. The fourth-order valence-corrected chi connectivity index (χ4v) is 2.10. The van der Waals surface area contributed by atoms with Crippen LogP contribution in [-0.4, -0.2) is 34.4 Å². The quantitative estimate of drug-likeness (QED) is 0.366. The molecule has 110 valence electrons. The monoisotopic (exact) mass is 361 g/mol. The van der Waals surface area contributed by atoms with Gasteiger partial charge >= 0.3 is 0 Å². The van der Waals surface area contributed by atoms with Crippen molar-refractivity contribution < 1.29 is 10.0 Å². The lowest BCUT2D eigenvalue weighted by Crippen LogP contribution is -2.39. The maximum absolute atomic E-state index is 12.5. The number of rotatable bonds is 5. The molecule has 1 aromatic carbocycles. The fourth-order valence-electron chi connectivity index (χ4n) is 1.67. The number of nitrogens with two attached hydrogens (primary N) is 1. The van der Waals surface area contributed by atoms with E-state index in [1.165, 1.54) is 0 Å². The second-order valence-corrected chi connectivity index (χ2v) is 5.82. The van der Waals surface area contributed by atoms with Crippen LogP contribution >= 0.6 is 27.5 Å². The van der Waals surface area contributed by atoms with Gasteiger partial charge in [0.1, 0.15) is 5.84 Å². The third kappa shape index (κ3) is 4.38. The standard InChI is InChI=1S/C13H17BrClN3O2/c1-8(2)18(6-5-12(16)17-20)13(19)9-3-4-10(14)11(15)7-9/h3-4,7-8,20H,5-6H2,1-2H3,(H2,16,17). The smallest absolute Gasteiger partial charge is 0.254 e. The summed E-state index contributed by atoms with van der Waals surface area (Å²) in [5.74, 6) is -0.0440. The molecule has 1 amide bonds. The van der Waals surface area contributed by atoms with Gasteiger partial charge in [-0.05, 0) is 48.0 Å². The van der Waals surface area contributed by atoms with Gasteiger partial charge < -0.3 is 15.8 Å². The number of amides is 1. The Kier molecular flexibility index (Phi) is 6.29. The molecule has 3 N–H and O–H groups in total. The molecule has 0 spiro atoms. The van der Waals surface area contributed by atoms with E-state index in [4.69, 9.17) is 22.5 Å². The lowest BCUT2D eigenvalue weighted by molar-refractivity contribution is 0.0711. The van der Waals surface area contributed by atoms with E-state index in [-0.39, 0.29) is 17.8 Å². The number of amidine groups is 1. The van der Waals surface area contributed by atoms with Crippen molar-refractivity contribution in [2.24, 2.45) is 10.9 Å². The Balaban J connectivity index is 2.90.